The predicted molar refractivity (Wildman–Crippen MR) is 91.0 cm³/mol. The van der Waals surface area contributed by atoms with Crippen LogP contribution in [0.1, 0.15) is 81.8 Å². The van der Waals surface area contributed by atoms with Gasteiger partial charge in [-0.1, -0.05) is 51.2 Å². The van der Waals surface area contributed by atoms with Crippen LogP contribution < -0.4 is 0 Å². The van der Waals surface area contributed by atoms with Gasteiger partial charge in [0.25, 0.3) is 0 Å². The van der Waals surface area contributed by atoms with Crippen molar-refractivity contribution in [3.05, 3.63) is 35.4 Å². The molecule has 1 aliphatic rings. The van der Waals surface area contributed by atoms with Crippen LogP contribution in [0.5, 0.6) is 0 Å². The first kappa shape index (κ1) is 17.5. The Morgan fingerprint density at radius 3 is 2.43 bits per heavy atom. The SMILES string of the molecule is CCCCCCCCC1CCC(c2ccc(C#N)cc2)C(=O)O1. The van der Waals surface area contributed by atoms with Gasteiger partial charge in [0.05, 0.1) is 17.6 Å². The van der Waals surface area contributed by atoms with Crippen LogP contribution in [0, 0.1) is 11.3 Å². The van der Waals surface area contributed by atoms with Crippen LogP contribution >= 0.6 is 0 Å². The van der Waals surface area contributed by atoms with E-state index in [1.165, 1.54) is 32.1 Å². The van der Waals surface area contributed by atoms with Gasteiger partial charge in [-0.2, -0.15) is 5.26 Å². The third kappa shape index (κ3) is 5.39. The lowest BCUT2D eigenvalue weighted by Gasteiger charge is -2.28. The van der Waals surface area contributed by atoms with Gasteiger partial charge >= 0.3 is 5.97 Å². The maximum absolute atomic E-state index is 12.2. The standard InChI is InChI=1S/C20H27NO2/c1-2-3-4-5-6-7-8-18-13-14-19(20(22)23-18)17-11-9-16(15-21)10-12-17/h9-12,18-19H,2-8,13-14H2,1H3. The number of benzene rings is 1. The van der Waals surface area contributed by atoms with Gasteiger partial charge in [0, 0.05) is 0 Å². The molecule has 3 heteroatoms. The summed E-state index contributed by atoms with van der Waals surface area (Å²) in [6, 6.07) is 9.39. The fourth-order valence-corrected chi connectivity index (χ4v) is 3.22. The van der Waals surface area contributed by atoms with Crippen molar-refractivity contribution in [2.24, 2.45) is 0 Å². The summed E-state index contributed by atoms with van der Waals surface area (Å²) in [6.45, 7) is 2.23. The minimum atomic E-state index is -0.163. The Hall–Kier alpha value is -1.82. The summed E-state index contributed by atoms with van der Waals surface area (Å²) in [5, 5.41) is 8.83. The summed E-state index contributed by atoms with van der Waals surface area (Å²) >= 11 is 0. The molecule has 1 saturated heterocycles. The number of nitriles is 1. The van der Waals surface area contributed by atoms with Crippen molar-refractivity contribution < 1.29 is 9.53 Å². The maximum Gasteiger partial charge on any atom is 0.313 e. The molecule has 1 fully saturated rings. The summed E-state index contributed by atoms with van der Waals surface area (Å²) < 4.78 is 5.63. The van der Waals surface area contributed by atoms with Gasteiger partial charge in [-0.3, -0.25) is 4.79 Å². The molecule has 0 amide bonds. The van der Waals surface area contributed by atoms with Crippen molar-refractivity contribution in [2.45, 2.75) is 76.7 Å². The first-order chi connectivity index (χ1) is 11.2. The Morgan fingerprint density at radius 2 is 1.78 bits per heavy atom. The smallest absolute Gasteiger partial charge is 0.313 e. The Bertz CT molecular complexity index is 530. The van der Waals surface area contributed by atoms with Crippen molar-refractivity contribution in [2.75, 3.05) is 0 Å². The molecule has 2 rings (SSSR count). The lowest BCUT2D eigenvalue weighted by Crippen LogP contribution is -2.29. The number of rotatable bonds is 8. The second-order valence-electron chi connectivity index (χ2n) is 6.48. The van der Waals surface area contributed by atoms with E-state index in [2.05, 4.69) is 13.0 Å². The number of nitrogens with zero attached hydrogens (tertiary/aromatic N) is 1. The van der Waals surface area contributed by atoms with Crippen LogP contribution in [-0.4, -0.2) is 12.1 Å². The van der Waals surface area contributed by atoms with Gasteiger partial charge < -0.3 is 4.74 Å². The molecule has 0 saturated carbocycles. The van der Waals surface area contributed by atoms with Gasteiger partial charge in [0.1, 0.15) is 6.10 Å². The number of carbonyl (C=O) groups is 1. The molecule has 2 atom stereocenters. The molecule has 0 N–H and O–H groups in total. The van der Waals surface area contributed by atoms with E-state index >= 15 is 0 Å². The zero-order chi connectivity index (χ0) is 16.5. The van der Waals surface area contributed by atoms with E-state index < -0.39 is 0 Å². The molecule has 124 valence electrons. The third-order valence-electron chi connectivity index (χ3n) is 4.67. The normalized spacial score (nSPS) is 20.8. The summed E-state index contributed by atoms with van der Waals surface area (Å²) in [7, 11) is 0. The summed E-state index contributed by atoms with van der Waals surface area (Å²) in [5.74, 6) is -0.263. The van der Waals surface area contributed by atoms with Crippen molar-refractivity contribution in [3.8, 4) is 6.07 Å². The van der Waals surface area contributed by atoms with Crippen molar-refractivity contribution in [3.63, 3.8) is 0 Å². The molecule has 0 aromatic heterocycles. The van der Waals surface area contributed by atoms with E-state index in [4.69, 9.17) is 10.00 Å². The minimum absolute atomic E-state index is 0.100. The quantitative estimate of drug-likeness (QED) is 0.495. The Balaban J connectivity index is 1.74. The molecule has 1 aliphatic heterocycles. The zero-order valence-corrected chi connectivity index (χ0v) is 14.1. The first-order valence-corrected chi connectivity index (χ1v) is 8.95. The van der Waals surface area contributed by atoms with Crippen molar-refractivity contribution >= 4 is 5.97 Å². The highest BCUT2D eigenvalue weighted by molar-refractivity contribution is 5.79. The number of unbranched alkanes of at least 4 members (excludes halogenated alkanes) is 5. The second-order valence-corrected chi connectivity index (χ2v) is 6.48. The largest absolute Gasteiger partial charge is 0.462 e. The summed E-state index contributed by atoms with van der Waals surface area (Å²) in [5.41, 5.74) is 1.59. The number of hydrogen-bond acceptors (Lipinski definition) is 3. The molecule has 3 nitrogen and oxygen atoms in total. The van der Waals surface area contributed by atoms with Crippen LogP contribution in [0.4, 0.5) is 0 Å². The lowest BCUT2D eigenvalue weighted by atomic mass is 9.89. The van der Waals surface area contributed by atoms with E-state index in [-0.39, 0.29) is 18.0 Å². The van der Waals surface area contributed by atoms with Crippen LogP contribution in [0.25, 0.3) is 0 Å². The molecule has 1 aromatic carbocycles. The van der Waals surface area contributed by atoms with Crippen molar-refractivity contribution in [1.29, 1.82) is 5.26 Å². The second kappa shape index (κ2) is 9.35. The predicted octanol–water partition coefficient (Wildman–Crippen LogP) is 5.10. The molecule has 23 heavy (non-hydrogen) atoms. The fourth-order valence-electron chi connectivity index (χ4n) is 3.22. The highest BCUT2D eigenvalue weighted by Crippen LogP contribution is 2.31. The fraction of sp³-hybridized carbons (Fsp3) is 0.600. The van der Waals surface area contributed by atoms with E-state index in [1.807, 2.05) is 12.1 Å². The summed E-state index contributed by atoms with van der Waals surface area (Å²) in [6.07, 6.45) is 10.5. The van der Waals surface area contributed by atoms with E-state index in [9.17, 15) is 4.79 Å². The van der Waals surface area contributed by atoms with Crippen LogP contribution in [0.3, 0.4) is 0 Å². The molecule has 0 spiro atoms. The number of cyclic esters (lactones) is 1. The average Bonchev–Trinajstić information content (AvgIpc) is 2.58. The molecule has 0 bridgehead atoms. The van der Waals surface area contributed by atoms with Gasteiger partial charge in [0.15, 0.2) is 0 Å². The highest BCUT2D eigenvalue weighted by atomic mass is 16.5. The highest BCUT2D eigenvalue weighted by Gasteiger charge is 2.30. The Kier molecular flexibility index (Phi) is 7.13. The topological polar surface area (TPSA) is 50.1 Å². The van der Waals surface area contributed by atoms with E-state index in [1.54, 1.807) is 12.1 Å². The first-order valence-electron chi connectivity index (χ1n) is 8.95. The molecule has 2 unspecified atom stereocenters. The van der Waals surface area contributed by atoms with Crippen LogP contribution in [-0.2, 0) is 9.53 Å². The number of esters is 1. The van der Waals surface area contributed by atoms with E-state index in [0.29, 0.717) is 5.56 Å². The maximum atomic E-state index is 12.2. The van der Waals surface area contributed by atoms with Gasteiger partial charge in [-0.25, -0.2) is 0 Å². The van der Waals surface area contributed by atoms with Gasteiger partial charge in [0.2, 0.25) is 0 Å². The lowest BCUT2D eigenvalue weighted by molar-refractivity contribution is -0.156. The zero-order valence-electron chi connectivity index (χ0n) is 14.1. The number of hydrogen-bond donors (Lipinski definition) is 0. The van der Waals surface area contributed by atoms with E-state index in [0.717, 1.165) is 31.2 Å². The molecule has 1 heterocycles. The third-order valence-corrected chi connectivity index (χ3v) is 4.67. The van der Waals surface area contributed by atoms with Crippen molar-refractivity contribution in [1.82, 2.24) is 0 Å². The number of carbonyl (C=O) groups excluding carboxylic acids is 1. The molecular formula is C20H27NO2. The monoisotopic (exact) mass is 313 g/mol. The summed E-state index contributed by atoms with van der Waals surface area (Å²) in [4.78, 5) is 12.2. The van der Waals surface area contributed by atoms with Crippen LogP contribution in [0.2, 0.25) is 0 Å². The molecule has 0 radical (unpaired) electrons. The van der Waals surface area contributed by atoms with Gasteiger partial charge in [-0.15, -0.1) is 0 Å². The molecule has 0 aliphatic carbocycles. The van der Waals surface area contributed by atoms with Crippen LogP contribution in [0.15, 0.2) is 24.3 Å². The number of ether oxygens (including phenoxy) is 1. The van der Waals surface area contributed by atoms with Gasteiger partial charge in [-0.05, 0) is 43.4 Å². The molecular weight excluding hydrogens is 286 g/mol. The Morgan fingerprint density at radius 1 is 1.09 bits per heavy atom. The minimum Gasteiger partial charge on any atom is -0.462 e. The average molecular weight is 313 g/mol. The molecule has 1 aromatic rings. The Labute approximate surface area is 139 Å².